The monoisotopic (exact) mass is 223 g/mol. The van der Waals surface area contributed by atoms with E-state index in [2.05, 4.69) is 12.2 Å². The van der Waals surface area contributed by atoms with Crippen molar-refractivity contribution >= 4 is 0 Å². The Morgan fingerprint density at radius 3 is 2.81 bits per heavy atom. The summed E-state index contributed by atoms with van der Waals surface area (Å²) >= 11 is 0. The molecule has 0 radical (unpaired) electrons. The Hall–Kier alpha value is -0.800. The highest BCUT2D eigenvalue weighted by Gasteiger charge is 2.27. The minimum atomic E-state index is -0.534. The number of hydrogen-bond acceptors (Lipinski definition) is 3. The quantitative estimate of drug-likeness (QED) is 0.824. The average Bonchev–Trinajstić information content (AvgIpc) is 2.80. The van der Waals surface area contributed by atoms with Gasteiger partial charge in [-0.1, -0.05) is 19.3 Å². The van der Waals surface area contributed by atoms with Crippen molar-refractivity contribution in [3.05, 3.63) is 24.2 Å². The van der Waals surface area contributed by atoms with Crippen molar-refractivity contribution in [2.45, 2.75) is 50.7 Å². The first-order valence-corrected chi connectivity index (χ1v) is 6.16. The first kappa shape index (κ1) is 11.7. The summed E-state index contributed by atoms with van der Waals surface area (Å²) in [5, 5.41) is 13.4. The lowest BCUT2D eigenvalue weighted by Gasteiger charge is -2.35. The summed E-state index contributed by atoms with van der Waals surface area (Å²) in [7, 11) is 0. The molecular weight excluding hydrogens is 202 g/mol. The molecule has 1 aliphatic rings. The van der Waals surface area contributed by atoms with Gasteiger partial charge in [-0.2, -0.15) is 0 Å². The van der Waals surface area contributed by atoms with Crippen LogP contribution >= 0.6 is 0 Å². The van der Waals surface area contributed by atoms with Gasteiger partial charge in [-0.05, 0) is 31.9 Å². The molecular formula is C13H21NO2. The van der Waals surface area contributed by atoms with Crippen LogP contribution in [0.5, 0.6) is 0 Å². The van der Waals surface area contributed by atoms with Gasteiger partial charge in [0.25, 0.3) is 0 Å². The second kappa shape index (κ2) is 5.02. The lowest BCUT2D eigenvalue weighted by molar-refractivity contribution is 0.126. The normalized spacial score (nSPS) is 21.9. The van der Waals surface area contributed by atoms with Crippen molar-refractivity contribution in [2.24, 2.45) is 0 Å². The lowest BCUT2D eigenvalue weighted by Crippen LogP contribution is -2.45. The summed E-state index contributed by atoms with van der Waals surface area (Å²) in [5.74, 6) is 0.645. The fourth-order valence-electron chi connectivity index (χ4n) is 2.43. The van der Waals surface area contributed by atoms with Gasteiger partial charge in [-0.15, -0.1) is 0 Å². The Kier molecular flexibility index (Phi) is 3.66. The Balaban J connectivity index is 1.82. The molecule has 1 aliphatic carbocycles. The zero-order valence-electron chi connectivity index (χ0n) is 9.91. The molecule has 3 heteroatoms. The van der Waals surface area contributed by atoms with Crippen molar-refractivity contribution in [3.63, 3.8) is 0 Å². The van der Waals surface area contributed by atoms with E-state index in [-0.39, 0.29) is 5.54 Å². The molecule has 0 aromatic carbocycles. The third kappa shape index (κ3) is 2.86. The van der Waals surface area contributed by atoms with E-state index in [4.69, 9.17) is 4.42 Å². The smallest absolute Gasteiger partial charge is 0.133 e. The fraction of sp³-hybridized carbons (Fsp3) is 0.692. The molecule has 1 fully saturated rings. The number of nitrogens with one attached hydrogen (secondary N) is 1. The molecule has 2 N–H and O–H groups in total. The predicted octanol–water partition coefficient (Wildman–Crippen LogP) is 2.63. The zero-order valence-corrected chi connectivity index (χ0v) is 9.91. The van der Waals surface area contributed by atoms with Gasteiger partial charge in [0.05, 0.1) is 6.26 Å². The molecule has 0 aliphatic heterocycles. The number of aliphatic hydroxyl groups excluding tert-OH is 1. The molecule has 0 spiro atoms. The fourth-order valence-corrected chi connectivity index (χ4v) is 2.43. The summed E-state index contributed by atoms with van der Waals surface area (Å²) in [5.41, 5.74) is 0.200. The molecule has 0 saturated heterocycles. The minimum Gasteiger partial charge on any atom is -0.467 e. The molecule has 1 heterocycles. The van der Waals surface area contributed by atoms with Gasteiger partial charge >= 0.3 is 0 Å². The third-order valence-corrected chi connectivity index (χ3v) is 3.55. The van der Waals surface area contributed by atoms with E-state index in [0.29, 0.717) is 12.3 Å². The molecule has 1 aromatic heterocycles. The van der Waals surface area contributed by atoms with Gasteiger partial charge in [-0.25, -0.2) is 0 Å². The lowest BCUT2D eigenvalue weighted by atomic mass is 9.83. The van der Waals surface area contributed by atoms with Gasteiger partial charge in [0.2, 0.25) is 0 Å². The SMILES string of the molecule is CC1(NCC(O)c2ccco2)CCCCC1. The molecule has 16 heavy (non-hydrogen) atoms. The molecule has 90 valence electrons. The molecule has 0 amide bonds. The van der Waals surface area contributed by atoms with E-state index in [1.165, 1.54) is 32.1 Å². The minimum absolute atomic E-state index is 0.200. The van der Waals surface area contributed by atoms with Crippen LogP contribution in [0.15, 0.2) is 22.8 Å². The van der Waals surface area contributed by atoms with Crippen LogP contribution in [0.2, 0.25) is 0 Å². The standard InChI is InChI=1S/C13H21NO2/c1-13(7-3-2-4-8-13)14-10-11(15)12-6-5-9-16-12/h5-6,9,11,14-15H,2-4,7-8,10H2,1H3. The van der Waals surface area contributed by atoms with Crippen LogP contribution < -0.4 is 5.32 Å². The van der Waals surface area contributed by atoms with E-state index < -0.39 is 6.10 Å². The van der Waals surface area contributed by atoms with Crippen molar-refractivity contribution < 1.29 is 9.52 Å². The summed E-state index contributed by atoms with van der Waals surface area (Å²) in [6.45, 7) is 2.82. The number of β-amino-alcohol motifs (C(OH)–C–C–N with tert-alkyl or cyclic N) is 1. The van der Waals surface area contributed by atoms with Crippen LogP contribution in [0.25, 0.3) is 0 Å². The average molecular weight is 223 g/mol. The van der Waals surface area contributed by atoms with Crippen molar-refractivity contribution in [3.8, 4) is 0 Å². The highest BCUT2D eigenvalue weighted by atomic mass is 16.4. The van der Waals surface area contributed by atoms with Gasteiger partial charge < -0.3 is 14.8 Å². The van der Waals surface area contributed by atoms with E-state index in [0.717, 1.165) is 0 Å². The van der Waals surface area contributed by atoms with Crippen LogP contribution in [0.4, 0.5) is 0 Å². The van der Waals surface area contributed by atoms with E-state index >= 15 is 0 Å². The first-order valence-electron chi connectivity index (χ1n) is 6.16. The number of furan rings is 1. The number of hydrogen-bond donors (Lipinski definition) is 2. The van der Waals surface area contributed by atoms with Crippen LogP contribution in [0, 0.1) is 0 Å². The van der Waals surface area contributed by atoms with Gasteiger partial charge in [0.1, 0.15) is 11.9 Å². The molecule has 1 aromatic rings. The van der Waals surface area contributed by atoms with Crippen LogP contribution in [0.3, 0.4) is 0 Å². The maximum Gasteiger partial charge on any atom is 0.133 e. The van der Waals surface area contributed by atoms with Gasteiger partial charge in [0.15, 0.2) is 0 Å². The molecule has 1 unspecified atom stereocenters. The maximum atomic E-state index is 9.90. The van der Waals surface area contributed by atoms with Crippen molar-refractivity contribution in [2.75, 3.05) is 6.54 Å². The summed E-state index contributed by atoms with van der Waals surface area (Å²) < 4.78 is 5.18. The zero-order chi connectivity index (χ0) is 11.4. The van der Waals surface area contributed by atoms with Gasteiger partial charge in [0, 0.05) is 12.1 Å². The third-order valence-electron chi connectivity index (χ3n) is 3.55. The van der Waals surface area contributed by atoms with E-state index in [1.54, 1.807) is 12.3 Å². The van der Waals surface area contributed by atoms with Crippen molar-refractivity contribution in [1.29, 1.82) is 0 Å². The van der Waals surface area contributed by atoms with Crippen molar-refractivity contribution in [1.82, 2.24) is 5.32 Å². The Morgan fingerprint density at radius 1 is 1.44 bits per heavy atom. The molecule has 3 nitrogen and oxygen atoms in total. The molecule has 0 bridgehead atoms. The second-order valence-electron chi connectivity index (χ2n) is 5.03. The largest absolute Gasteiger partial charge is 0.467 e. The molecule has 2 rings (SSSR count). The van der Waals surface area contributed by atoms with Crippen LogP contribution in [-0.4, -0.2) is 17.2 Å². The number of rotatable bonds is 4. The summed E-state index contributed by atoms with van der Waals surface area (Å²) in [6, 6.07) is 3.62. The first-order chi connectivity index (χ1) is 7.70. The van der Waals surface area contributed by atoms with E-state index in [1.807, 2.05) is 6.07 Å². The van der Waals surface area contributed by atoms with Crippen LogP contribution in [0.1, 0.15) is 50.9 Å². The summed E-state index contributed by atoms with van der Waals surface area (Å²) in [6.07, 6.45) is 7.41. The maximum absolute atomic E-state index is 9.90. The Labute approximate surface area is 96.8 Å². The number of aliphatic hydroxyl groups is 1. The molecule has 1 saturated carbocycles. The predicted molar refractivity (Wildman–Crippen MR) is 63.2 cm³/mol. The highest BCUT2D eigenvalue weighted by molar-refractivity contribution is 5.02. The van der Waals surface area contributed by atoms with Crippen LogP contribution in [-0.2, 0) is 0 Å². The van der Waals surface area contributed by atoms with E-state index in [9.17, 15) is 5.11 Å². The second-order valence-corrected chi connectivity index (χ2v) is 5.03. The topological polar surface area (TPSA) is 45.4 Å². The Morgan fingerprint density at radius 2 is 2.19 bits per heavy atom. The Bertz CT molecular complexity index is 302. The summed E-state index contributed by atoms with van der Waals surface area (Å²) in [4.78, 5) is 0. The highest BCUT2D eigenvalue weighted by Crippen LogP contribution is 2.28. The molecule has 1 atom stereocenters. The van der Waals surface area contributed by atoms with Gasteiger partial charge in [-0.3, -0.25) is 0 Å².